The number of halogens is 1. The largest absolute Gasteiger partial charge is 0.361 e. The lowest BCUT2D eigenvalue weighted by Crippen LogP contribution is -2.32. The topological polar surface area (TPSA) is 68.1 Å². The minimum Gasteiger partial charge on any atom is -0.361 e. The van der Waals surface area contributed by atoms with Gasteiger partial charge in [-0.2, -0.15) is 0 Å². The fourth-order valence-electron chi connectivity index (χ4n) is 2.26. The molecule has 19 heavy (non-hydrogen) atoms. The number of carbonyl (C=O) groups excluding carboxylic acids is 1. The van der Waals surface area contributed by atoms with Crippen LogP contribution in [0.3, 0.4) is 0 Å². The third-order valence-corrected chi connectivity index (χ3v) is 3.43. The number of aromatic nitrogens is 1. The third kappa shape index (κ3) is 2.74. The zero-order valence-electron chi connectivity index (χ0n) is 10.9. The van der Waals surface area contributed by atoms with Crippen LogP contribution in [-0.4, -0.2) is 17.0 Å². The Balaban J connectivity index is 2.36. The molecule has 0 aliphatic carbocycles. The zero-order chi connectivity index (χ0) is 14.0. The first-order valence-corrected chi connectivity index (χ1v) is 6.52. The summed E-state index contributed by atoms with van der Waals surface area (Å²) < 4.78 is 4.13. The Hall–Kier alpha value is -1.52. The summed E-state index contributed by atoms with van der Waals surface area (Å²) in [6.45, 7) is 4.29. The number of hydrogen-bond acceptors (Lipinski definition) is 3. The lowest BCUT2D eigenvalue weighted by Gasteiger charge is -2.08. The molecule has 2 rings (SSSR count). The molecular weight excluding hydrogens is 264 g/mol. The molecule has 0 unspecified atom stereocenters. The Bertz CT molecular complexity index is 592. The third-order valence-electron chi connectivity index (χ3n) is 3.27. The molecule has 1 aromatic carbocycles. The normalized spacial score (nSPS) is 12.9. The van der Waals surface area contributed by atoms with E-state index in [1.165, 1.54) is 5.56 Å². The van der Waals surface area contributed by atoms with E-state index in [0.717, 1.165) is 16.5 Å². The van der Waals surface area contributed by atoms with Crippen LogP contribution < -0.4 is 5.73 Å². The van der Waals surface area contributed by atoms with E-state index in [4.69, 9.17) is 17.6 Å². The molecule has 1 heterocycles. The quantitative estimate of drug-likeness (QED) is 0.905. The van der Waals surface area contributed by atoms with Crippen LogP contribution in [-0.2, 0) is 15.5 Å². The summed E-state index contributed by atoms with van der Waals surface area (Å²) in [6.07, 6.45) is 2.28. The molecule has 2 aromatic rings. The van der Waals surface area contributed by atoms with Crippen molar-refractivity contribution in [1.82, 2.24) is 4.98 Å². The SMILES string of the molecule is CC(C)c1cccc2c(C[C@H](N)C(=O)OCl)c[nH]c12. The fraction of sp³-hybridized carbons (Fsp3) is 0.357. The number of para-hydroxylation sites is 1. The smallest absolute Gasteiger partial charge is 0.341 e. The molecule has 0 bridgehead atoms. The highest BCUT2D eigenvalue weighted by atomic mass is 35.5. The van der Waals surface area contributed by atoms with Gasteiger partial charge in [0.05, 0.1) is 0 Å². The number of aromatic amines is 1. The Morgan fingerprint density at radius 2 is 2.21 bits per heavy atom. The van der Waals surface area contributed by atoms with Crippen molar-refractivity contribution in [2.75, 3.05) is 0 Å². The van der Waals surface area contributed by atoms with Crippen molar-refractivity contribution < 1.29 is 9.08 Å². The Morgan fingerprint density at radius 1 is 1.47 bits per heavy atom. The Labute approximate surface area is 117 Å². The van der Waals surface area contributed by atoms with Crippen molar-refractivity contribution in [2.45, 2.75) is 32.2 Å². The predicted octanol–water partition coefficient (Wildman–Crippen LogP) is 2.86. The minimum absolute atomic E-state index is 0.396. The van der Waals surface area contributed by atoms with Gasteiger partial charge in [-0.05, 0) is 17.0 Å². The molecule has 0 aliphatic heterocycles. The maximum atomic E-state index is 11.3. The summed E-state index contributed by atoms with van der Waals surface area (Å²) in [6, 6.07) is 5.38. The molecule has 0 amide bonds. The number of nitrogens with one attached hydrogen (secondary N) is 1. The van der Waals surface area contributed by atoms with Crippen molar-refractivity contribution in [3.05, 3.63) is 35.5 Å². The molecule has 0 spiro atoms. The molecular formula is C14H17ClN2O2. The summed E-state index contributed by atoms with van der Waals surface area (Å²) in [7, 11) is 0. The van der Waals surface area contributed by atoms with E-state index >= 15 is 0 Å². The van der Waals surface area contributed by atoms with E-state index in [1.54, 1.807) is 0 Å². The molecule has 0 aliphatic rings. The van der Waals surface area contributed by atoms with Crippen LogP contribution in [0, 0.1) is 0 Å². The van der Waals surface area contributed by atoms with E-state index in [9.17, 15) is 4.79 Å². The standard InChI is InChI=1S/C14H17ClN2O2/c1-8(2)10-4-3-5-11-9(7-17-13(10)11)6-12(16)14(18)19-15/h3-5,7-8,12,17H,6,16H2,1-2H3/t12-/m0/s1. The van der Waals surface area contributed by atoms with Crippen LogP contribution in [0.2, 0.25) is 0 Å². The van der Waals surface area contributed by atoms with Crippen molar-refractivity contribution >= 4 is 28.7 Å². The van der Waals surface area contributed by atoms with Gasteiger partial charge in [-0.25, -0.2) is 4.79 Å². The van der Waals surface area contributed by atoms with Crippen LogP contribution in [0.25, 0.3) is 10.9 Å². The Kier molecular flexibility index (Phi) is 4.12. The lowest BCUT2D eigenvalue weighted by atomic mass is 9.98. The van der Waals surface area contributed by atoms with Gasteiger partial charge in [-0.3, -0.25) is 0 Å². The molecule has 1 atom stereocenters. The van der Waals surface area contributed by atoms with Gasteiger partial charge in [-0.15, -0.1) is 0 Å². The van der Waals surface area contributed by atoms with Crippen LogP contribution >= 0.6 is 11.9 Å². The van der Waals surface area contributed by atoms with Gasteiger partial charge in [0.1, 0.15) is 17.9 Å². The maximum Gasteiger partial charge on any atom is 0.341 e. The summed E-state index contributed by atoms with van der Waals surface area (Å²) >= 11 is 5.03. The summed E-state index contributed by atoms with van der Waals surface area (Å²) in [5.74, 6) is -0.187. The van der Waals surface area contributed by atoms with Gasteiger partial charge in [0.2, 0.25) is 0 Å². The molecule has 5 heteroatoms. The summed E-state index contributed by atoms with van der Waals surface area (Å²) in [5.41, 5.74) is 9.07. The van der Waals surface area contributed by atoms with E-state index in [-0.39, 0.29) is 0 Å². The number of H-pyrrole nitrogens is 1. The highest BCUT2D eigenvalue weighted by Gasteiger charge is 2.18. The number of carbonyl (C=O) groups is 1. The van der Waals surface area contributed by atoms with Crippen molar-refractivity contribution in [3.63, 3.8) is 0 Å². The van der Waals surface area contributed by atoms with Gasteiger partial charge in [0, 0.05) is 23.5 Å². The van der Waals surface area contributed by atoms with Gasteiger partial charge >= 0.3 is 5.97 Å². The van der Waals surface area contributed by atoms with Crippen molar-refractivity contribution in [1.29, 1.82) is 0 Å². The lowest BCUT2D eigenvalue weighted by molar-refractivity contribution is -0.135. The minimum atomic E-state index is -0.751. The van der Waals surface area contributed by atoms with Gasteiger partial charge in [-0.1, -0.05) is 32.0 Å². The van der Waals surface area contributed by atoms with E-state index in [2.05, 4.69) is 29.2 Å². The van der Waals surface area contributed by atoms with Crippen molar-refractivity contribution in [2.24, 2.45) is 5.73 Å². The van der Waals surface area contributed by atoms with Crippen molar-refractivity contribution in [3.8, 4) is 0 Å². The van der Waals surface area contributed by atoms with Crippen LogP contribution in [0.15, 0.2) is 24.4 Å². The van der Waals surface area contributed by atoms with Gasteiger partial charge in [0.25, 0.3) is 0 Å². The van der Waals surface area contributed by atoms with Gasteiger partial charge < -0.3 is 15.0 Å². The first-order valence-electron chi connectivity index (χ1n) is 6.21. The number of fused-ring (bicyclic) bond motifs is 1. The first kappa shape index (κ1) is 13.9. The molecule has 0 radical (unpaired) electrons. The highest BCUT2D eigenvalue weighted by Crippen LogP contribution is 2.27. The monoisotopic (exact) mass is 280 g/mol. The zero-order valence-corrected chi connectivity index (χ0v) is 11.7. The summed E-state index contributed by atoms with van der Waals surface area (Å²) in [5, 5.41) is 1.09. The van der Waals surface area contributed by atoms with Crippen LogP contribution in [0.5, 0.6) is 0 Å². The molecule has 102 valence electrons. The molecule has 0 fully saturated rings. The Morgan fingerprint density at radius 3 is 2.84 bits per heavy atom. The number of rotatable bonds is 4. The van der Waals surface area contributed by atoms with Gasteiger partial charge in [0.15, 0.2) is 0 Å². The van der Waals surface area contributed by atoms with Crippen LogP contribution in [0.1, 0.15) is 30.9 Å². The van der Waals surface area contributed by atoms with E-state index in [0.29, 0.717) is 12.3 Å². The maximum absolute atomic E-state index is 11.3. The first-order chi connectivity index (χ1) is 9.04. The molecule has 0 saturated heterocycles. The molecule has 3 N–H and O–H groups in total. The average Bonchev–Trinajstić information content (AvgIpc) is 2.80. The van der Waals surface area contributed by atoms with E-state index < -0.39 is 12.0 Å². The number of hydrogen-bond donors (Lipinski definition) is 2. The highest BCUT2D eigenvalue weighted by molar-refractivity contribution is 6.13. The number of nitrogens with two attached hydrogens (primary N) is 1. The average molecular weight is 281 g/mol. The fourth-order valence-corrected chi connectivity index (χ4v) is 2.38. The second-order valence-corrected chi connectivity index (χ2v) is 5.10. The van der Waals surface area contributed by atoms with E-state index in [1.807, 2.05) is 18.3 Å². The second-order valence-electron chi connectivity index (χ2n) is 4.95. The summed E-state index contributed by atoms with van der Waals surface area (Å²) in [4.78, 5) is 14.5. The molecule has 4 nitrogen and oxygen atoms in total. The second kappa shape index (κ2) is 5.63. The van der Waals surface area contributed by atoms with Crippen LogP contribution in [0.4, 0.5) is 0 Å². The predicted molar refractivity (Wildman–Crippen MR) is 76.0 cm³/mol. The molecule has 1 aromatic heterocycles. The number of benzene rings is 1. The molecule has 0 saturated carbocycles.